The Bertz CT molecular complexity index is 1180. The second-order valence-corrected chi connectivity index (χ2v) is 11.6. The standard InChI is InChI=1S/C34H40N2S2/c1-3-5-7-9-11-15-29(33-17-13-23-37-33)27-19-21-35-31(25-27)32-26-28(20-22-36-32)30(34-18-14-24-38-34)16-12-10-8-6-4-2/h13-26H,3-12H2,1-2H3. The largest absolute Gasteiger partial charge is 0.255 e. The minimum Gasteiger partial charge on any atom is -0.255 e. The molecular formula is C34H40N2S2. The van der Waals surface area contributed by atoms with Crippen molar-refractivity contribution < 1.29 is 0 Å². The Balaban J connectivity index is 1.61. The summed E-state index contributed by atoms with van der Waals surface area (Å²) in [7, 11) is 0. The van der Waals surface area contributed by atoms with Crippen LogP contribution in [0.15, 0.2) is 83.8 Å². The molecule has 198 valence electrons. The smallest absolute Gasteiger partial charge is 0.0892 e. The third-order valence-corrected chi connectivity index (χ3v) is 8.60. The zero-order valence-corrected chi connectivity index (χ0v) is 24.5. The SMILES string of the molecule is CCCCCCC=C(c1ccnc(-c2cc(C(=CCCCCCC)c3cccs3)ccn2)c1)c1cccs1. The van der Waals surface area contributed by atoms with Crippen molar-refractivity contribution in [3.63, 3.8) is 0 Å². The molecule has 0 saturated heterocycles. The van der Waals surface area contributed by atoms with E-state index in [-0.39, 0.29) is 0 Å². The van der Waals surface area contributed by atoms with Crippen LogP contribution in [0.25, 0.3) is 22.5 Å². The van der Waals surface area contributed by atoms with E-state index in [0.717, 1.165) is 24.2 Å². The molecule has 4 heteroatoms. The average Bonchev–Trinajstić information content (AvgIpc) is 3.68. The maximum atomic E-state index is 4.75. The van der Waals surface area contributed by atoms with Gasteiger partial charge in [0.1, 0.15) is 0 Å². The molecule has 0 aliphatic rings. The Morgan fingerprint density at radius 1 is 0.632 bits per heavy atom. The Kier molecular flexibility index (Phi) is 11.5. The summed E-state index contributed by atoms with van der Waals surface area (Å²) in [5.74, 6) is 0. The summed E-state index contributed by atoms with van der Waals surface area (Å²) < 4.78 is 0. The van der Waals surface area contributed by atoms with E-state index < -0.39 is 0 Å². The van der Waals surface area contributed by atoms with E-state index in [9.17, 15) is 0 Å². The normalized spacial score (nSPS) is 12.3. The fourth-order valence-corrected chi connectivity index (χ4v) is 6.27. The molecule has 0 bridgehead atoms. The van der Waals surface area contributed by atoms with Gasteiger partial charge in [0.2, 0.25) is 0 Å². The first-order valence-corrected chi connectivity index (χ1v) is 16.0. The first-order chi connectivity index (χ1) is 18.8. The molecule has 0 spiro atoms. The van der Waals surface area contributed by atoms with Crippen molar-refractivity contribution in [1.29, 1.82) is 0 Å². The second kappa shape index (κ2) is 15.6. The maximum Gasteiger partial charge on any atom is 0.0892 e. The van der Waals surface area contributed by atoms with Crippen molar-refractivity contribution in [1.82, 2.24) is 9.97 Å². The number of hydrogen-bond acceptors (Lipinski definition) is 4. The van der Waals surface area contributed by atoms with Crippen molar-refractivity contribution in [3.05, 3.63) is 105 Å². The number of nitrogens with zero attached hydrogens (tertiary/aromatic N) is 2. The molecule has 0 N–H and O–H groups in total. The zero-order chi connectivity index (χ0) is 26.4. The molecule has 4 aromatic rings. The highest BCUT2D eigenvalue weighted by Gasteiger charge is 2.12. The topological polar surface area (TPSA) is 25.8 Å². The van der Waals surface area contributed by atoms with Crippen LogP contribution in [0.2, 0.25) is 0 Å². The number of rotatable bonds is 15. The number of pyridine rings is 2. The van der Waals surface area contributed by atoms with Gasteiger partial charge in [-0.25, -0.2) is 0 Å². The highest BCUT2D eigenvalue weighted by Crippen LogP contribution is 2.32. The summed E-state index contributed by atoms with van der Waals surface area (Å²) in [6, 6.07) is 17.4. The fourth-order valence-electron chi connectivity index (χ4n) is 4.70. The van der Waals surface area contributed by atoms with Crippen LogP contribution in [0, 0.1) is 0 Å². The van der Waals surface area contributed by atoms with Gasteiger partial charge in [0.15, 0.2) is 0 Å². The molecule has 0 saturated carbocycles. The molecule has 0 fully saturated rings. The summed E-state index contributed by atoms with van der Waals surface area (Å²) in [4.78, 5) is 12.1. The minimum absolute atomic E-state index is 0.922. The summed E-state index contributed by atoms with van der Waals surface area (Å²) >= 11 is 3.60. The lowest BCUT2D eigenvalue weighted by atomic mass is 9.99. The fraction of sp³-hybridized carbons (Fsp3) is 0.353. The van der Waals surface area contributed by atoms with Crippen molar-refractivity contribution in [2.24, 2.45) is 0 Å². The van der Waals surface area contributed by atoms with Gasteiger partial charge in [-0.3, -0.25) is 9.97 Å². The van der Waals surface area contributed by atoms with Crippen molar-refractivity contribution in [3.8, 4) is 11.4 Å². The Morgan fingerprint density at radius 3 is 1.50 bits per heavy atom. The van der Waals surface area contributed by atoms with E-state index in [1.54, 1.807) is 22.7 Å². The Hall–Kier alpha value is -2.82. The van der Waals surface area contributed by atoms with Gasteiger partial charge in [0.25, 0.3) is 0 Å². The molecule has 4 aromatic heterocycles. The van der Waals surface area contributed by atoms with E-state index in [1.165, 1.54) is 83.4 Å². The van der Waals surface area contributed by atoms with Crippen LogP contribution in [-0.4, -0.2) is 9.97 Å². The monoisotopic (exact) mass is 540 g/mol. The molecule has 4 heterocycles. The van der Waals surface area contributed by atoms with E-state index >= 15 is 0 Å². The molecule has 38 heavy (non-hydrogen) atoms. The third kappa shape index (κ3) is 8.09. The van der Waals surface area contributed by atoms with Crippen LogP contribution in [0.3, 0.4) is 0 Å². The molecule has 0 atom stereocenters. The average molecular weight is 541 g/mol. The van der Waals surface area contributed by atoms with Gasteiger partial charge in [-0.05, 0) is 95.1 Å². The molecular weight excluding hydrogens is 501 g/mol. The molecule has 0 radical (unpaired) electrons. The van der Waals surface area contributed by atoms with Crippen molar-refractivity contribution in [2.45, 2.75) is 78.1 Å². The van der Waals surface area contributed by atoms with E-state index in [0.29, 0.717) is 0 Å². The zero-order valence-electron chi connectivity index (χ0n) is 22.9. The summed E-state index contributed by atoms with van der Waals surface area (Å²) in [6.45, 7) is 4.53. The van der Waals surface area contributed by atoms with Gasteiger partial charge in [-0.15, -0.1) is 22.7 Å². The number of aromatic nitrogens is 2. The highest BCUT2D eigenvalue weighted by molar-refractivity contribution is 7.11. The van der Waals surface area contributed by atoms with E-state index in [2.05, 4.69) is 85.3 Å². The number of hydrogen-bond donors (Lipinski definition) is 0. The number of thiophene rings is 2. The lowest BCUT2D eigenvalue weighted by molar-refractivity contribution is 0.675. The Labute approximate surface area is 237 Å². The van der Waals surface area contributed by atoms with Gasteiger partial charge < -0.3 is 0 Å². The predicted molar refractivity (Wildman–Crippen MR) is 168 cm³/mol. The third-order valence-electron chi connectivity index (χ3n) is 6.79. The Morgan fingerprint density at radius 2 is 1.11 bits per heavy atom. The van der Waals surface area contributed by atoms with Crippen LogP contribution in [0.4, 0.5) is 0 Å². The molecule has 2 nitrogen and oxygen atoms in total. The lowest BCUT2D eigenvalue weighted by Gasteiger charge is -2.11. The number of unbranched alkanes of at least 4 members (excludes halogenated alkanes) is 8. The predicted octanol–water partition coefficient (Wildman–Crippen LogP) is 11.1. The van der Waals surface area contributed by atoms with E-state index in [4.69, 9.17) is 9.97 Å². The van der Waals surface area contributed by atoms with Crippen LogP contribution in [0.1, 0.15) is 98.9 Å². The lowest BCUT2D eigenvalue weighted by Crippen LogP contribution is -1.94. The molecule has 0 aliphatic carbocycles. The second-order valence-electron chi connectivity index (χ2n) is 9.75. The molecule has 0 amide bonds. The molecule has 0 aliphatic heterocycles. The van der Waals surface area contributed by atoms with Crippen molar-refractivity contribution in [2.75, 3.05) is 0 Å². The summed E-state index contributed by atoms with van der Waals surface area (Å²) in [6.07, 6.45) is 21.1. The highest BCUT2D eigenvalue weighted by atomic mass is 32.1. The summed E-state index contributed by atoms with van der Waals surface area (Å²) in [5, 5.41) is 4.32. The number of allylic oxidation sites excluding steroid dienone is 2. The van der Waals surface area contributed by atoms with Crippen LogP contribution in [-0.2, 0) is 0 Å². The van der Waals surface area contributed by atoms with Gasteiger partial charge in [-0.1, -0.05) is 76.7 Å². The van der Waals surface area contributed by atoms with Gasteiger partial charge in [-0.2, -0.15) is 0 Å². The first kappa shape index (κ1) is 28.2. The summed E-state index contributed by atoms with van der Waals surface area (Å²) in [5.41, 5.74) is 6.89. The quantitative estimate of drug-likeness (QED) is 0.140. The van der Waals surface area contributed by atoms with Gasteiger partial charge >= 0.3 is 0 Å². The van der Waals surface area contributed by atoms with Crippen LogP contribution >= 0.6 is 22.7 Å². The molecule has 0 aromatic carbocycles. The van der Waals surface area contributed by atoms with Gasteiger partial charge in [0.05, 0.1) is 11.4 Å². The van der Waals surface area contributed by atoms with E-state index in [1.807, 2.05) is 12.4 Å². The van der Waals surface area contributed by atoms with Gasteiger partial charge in [0, 0.05) is 22.1 Å². The maximum absolute atomic E-state index is 4.75. The van der Waals surface area contributed by atoms with Crippen LogP contribution < -0.4 is 0 Å². The van der Waals surface area contributed by atoms with Crippen molar-refractivity contribution >= 4 is 33.8 Å². The molecule has 4 rings (SSSR count). The molecule has 0 unspecified atom stereocenters. The van der Waals surface area contributed by atoms with Crippen LogP contribution in [0.5, 0.6) is 0 Å². The first-order valence-electron chi connectivity index (χ1n) is 14.2. The minimum atomic E-state index is 0.922.